The van der Waals surface area contributed by atoms with Crippen molar-refractivity contribution in [2.45, 2.75) is 27.7 Å². The first-order chi connectivity index (χ1) is 6.90. The number of hydrogen-bond acceptors (Lipinski definition) is 4. The van der Waals surface area contributed by atoms with Crippen LogP contribution in [0.1, 0.15) is 27.7 Å². The third kappa shape index (κ3) is 24.5. The van der Waals surface area contributed by atoms with Crippen molar-refractivity contribution < 1.29 is 19.1 Å². The number of rotatable bonds is 4. The normalized spacial score (nSPS) is 8.60. The maximum Gasteiger partial charge on any atom is 0.302 e. The predicted octanol–water partition coefficient (Wildman–Crippen LogP) is 1.94. The predicted molar refractivity (Wildman–Crippen MR) is 58.3 cm³/mol. The van der Waals surface area contributed by atoms with Crippen LogP contribution in [-0.2, 0) is 19.1 Å². The smallest absolute Gasteiger partial charge is 0.302 e. The van der Waals surface area contributed by atoms with Gasteiger partial charge < -0.3 is 9.47 Å². The summed E-state index contributed by atoms with van der Waals surface area (Å²) in [5.41, 5.74) is 0. The van der Waals surface area contributed by atoms with E-state index in [4.69, 9.17) is 0 Å². The van der Waals surface area contributed by atoms with Crippen LogP contribution in [-0.4, -0.2) is 25.2 Å². The van der Waals surface area contributed by atoms with E-state index in [0.29, 0.717) is 19.1 Å². The first kappa shape index (κ1) is 16.1. The molecule has 0 rings (SSSR count). The third-order valence-electron chi connectivity index (χ3n) is 1.02. The number of carbonyl (C=O) groups excluding carboxylic acids is 2. The lowest BCUT2D eigenvalue weighted by atomic mass is 10.2. The molecule has 0 aromatic rings. The molecular formula is C11H20O4. The van der Waals surface area contributed by atoms with Gasteiger partial charge in [-0.3, -0.25) is 9.59 Å². The Balaban J connectivity index is 0. The van der Waals surface area contributed by atoms with Gasteiger partial charge in [0.15, 0.2) is 0 Å². The fraction of sp³-hybridized carbons (Fsp3) is 0.636. The molecule has 88 valence electrons. The highest BCUT2D eigenvalue weighted by Gasteiger charge is 1.94. The summed E-state index contributed by atoms with van der Waals surface area (Å²) in [6.07, 6.45) is 1.53. The van der Waals surface area contributed by atoms with E-state index in [0.717, 1.165) is 0 Å². The number of ether oxygens (including phenoxy) is 2. The Hall–Kier alpha value is -1.32. The van der Waals surface area contributed by atoms with Gasteiger partial charge in [-0.25, -0.2) is 0 Å². The van der Waals surface area contributed by atoms with Gasteiger partial charge in [0, 0.05) is 13.8 Å². The fourth-order valence-electron chi connectivity index (χ4n) is 0.460. The molecule has 0 fully saturated rings. The molecule has 0 saturated carbocycles. The summed E-state index contributed by atoms with van der Waals surface area (Å²) in [6.45, 7) is 11.0. The van der Waals surface area contributed by atoms with Crippen molar-refractivity contribution in [2.75, 3.05) is 13.2 Å². The molecule has 0 unspecified atom stereocenters. The Kier molecular flexibility index (Phi) is 11.6. The molecule has 0 N–H and O–H groups in total. The molecule has 0 amide bonds. The zero-order chi connectivity index (χ0) is 12.3. The average molecular weight is 216 g/mol. The SMILES string of the molecule is C=CCOC(C)=O.CC(=O)OCC(C)C. The highest BCUT2D eigenvalue weighted by molar-refractivity contribution is 5.66. The van der Waals surface area contributed by atoms with Crippen LogP contribution in [0.5, 0.6) is 0 Å². The summed E-state index contributed by atoms with van der Waals surface area (Å²) in [4.78, 5) is 20.1. The van der Waals surface area contributed by atoms with E-state index in [1.54, 1.807) is 0 Å². The van der Waals surface area contributed by atoms with E-state index in [-0.39, 0.29) is 11.9 Å². The largest absolute Gasteiger partial charge is 0.466 e. The fourth-order valence-corrected chi connectivity index (χ4v) is 0.460. The standard InChI is InChI=1S/C6H12O2.C5H8O2/c1-5(2)4-8-6(3)7;1-3-4-7-5(2)6/h5H,4H2,1-3H3;3H,1,4H2,2H3. The highest BCUT2D eigenvalue weighted by atomic mass is 16.5. The topological polar surface area (TPSA) is 52.6 Å². The summed E-state index contributed by atoms with van der Waals surface area (Å²) >= 11 is 0. The molecule has 0 heterocycles. The second-order valence-electron chi connectivity index (χ2n) is 3.29. The van der Waals surface area contributed by atoms with Gasteiger partial charge in [-0.15, -0.1) is 0 Å². The van der Waals surface area contributed by atoms with Crippen molar-refractivity contribution in [3.8, 4) is 0 Å². The molecule has 0 aliphatic rings. The van der Waals surface area contributed by atoms with E-state index in [2.05, 4.69) is 16.1 Å². The minimum atomic E-state index is -0.264. The molecule has 0 radical (unpaired) electrons. The third-order valence-corrected chi connectivity index (χ3v) is 1.02. The molecule has 0 aliphatic heterocycles. The minimum Gasteiger partial charge on any atom is -0.466 e. The Morgan fingerprint density at radius 1 is 1.20 bits per heavy atom. The minimum absolute atomic E-state index is 0.196. The van der Waals surface area contributed by atoms with Crippen LogP contribution in [0, 0.1) is 5.92 Å². The highest BCUT2D eigenvalue weighted by Crippen LogP contribution is 1.91. The lowest BCUT2D eigenvalue weighted by Gasteiger charge is -2.02. The van der Waals surface area contributed by atoms with Gasteiger partial charge in [-0.1, -0.05) is 26.5 Å². The van der Waals surface area contributed by atoms with Gasteiger partial charge in [-0.05, 0) is 5.92 Å². The Morgan fingerprint density at radius 3 is 1.80 bits per heavy atom. The lowest BCUT2D eigenvalue weighted by molar-refractivity contribution is -0.142. The zero-order valence-electron chi connectivity index (χ0n) is 9.91. The van der Waals surface area contributed by atoms with Crippen LogP contribution in [0.3, 0.4) is 0 Å². The Bertz CT molecular complexity index is 197. The van der Waals surface area contributed by atoms with Gasteiger partial charge in [-0.2, -0.15) is 0 Å². The quantitative estimate of drug-likeness (QED) is 0.532. The maximum absolute atomic E-state index is 10.1. The van der Waals surface area contributed by atoms with Crippen molar-refractivity contribution in [1.29, 1.82) is 0 Å². The van der Waals surface area contributed by atoms with Crippen LogP contribution in [0.4, 0.5) is 0 Å². The lowest BCUT2D eigenvalue weighted by Crippen LogP contribution is -2.05. The number of esters is 2. The van der Waals surface area contributed by atoms with Gasteiger partial charge in [0.1, 0.15) is 6.61 Å². The van der Waals surface area contributed by atoms with Crippen LogP contribution in [0.15, 0.2) is 12.7 Å². The van der Waals surface area contributed by atoms with Crippen molar-refractivity contribution in [2.24, 2.45) is 5.92 Å². The number of hydrogen-bond donors (Lipinski definition) is 0. The molecule has 0 aromatic heterocycles. The molecule has 0 atom stereocenters. The van der Waals surface area contributed by atoms with Crippen molar-refractivity contribution in [1.82, 2.24) is 0 Å². The van der Waals surface area contributed by atoms with Crippen LogP contribution in [0.2, 0.25) is 0 Å². The average Bonchev–Trinajstić information content (AvgIpc) is 2.12. The second kappa shape index (κ2) is 10.8. The molecule has 0 saturated heterocycles. The van der Waals surface area contributed by atoms with Crippen molar-refractivity contribution in [3.63, 3.8) is 0 Å². The summed E-state index contributed by atoms with van der Waals surface area (Å²) in [5.74, 6) is -0.0162. The first-order valence-corrected chi connectivity index (χ1v) is 4.77. The molecule has 0 bridgehead atoms. The van der Waals surface area contributed by atoms with Gasteiger partial charge in [0.05, 0.1) is 6.61 Å². The second-order valence-corrected chi connectivity index (χ2v) is 3.29. The maximum atomic E-state index is 10.1. The molecular weight excluding hydrogens is 196 g/mol. The number of carbonyl (C=O) groups is 2. The first-order valence-electron chi connectivity index (χ1n) is 4.77. The van der Waals surface area contributed by atoms with E-state index in [1.165, 1.54) is 19.9 Å². The van der Waals surface area contributed by atoms with Crippen LogP contribution in [0.25, 0.3) is 0 Å². The summed E-state index contributed by atoms with van der Waals surface area (Å²) < 4.78 is 9.10. The van der Waals surface area contributed by atoms with Gasteiger partial charge in [0.25, 0.3) is 0 Å². The zero-order valence-corrected chi connectivity index (χ0v) is 9.91. The molecule has 4 nitrogen and oxygen atoms in total. The molecule has 0 aliphatic carbocycles. The Labute approximate surface area is 91.3 Å². The van der Waals surface area contributed by atoms with Gasteiger partial charge in [0.2, 0.25) is 0 Å². The van der Waals surface area contributed by atoms with E-state index >= 15 is 0 Å². The summed E-state index contributed by atoms with van der Waals surface area (Å²) in [6, 6.07) is 0. The molecule has 15 heavy (non-hydrogen) atoms. The van der Waals surface area contributed by atoms with E-state index in [9.17, 15) is 9.59 Å². The van der Waals surface area contributed by atoms with Crippen LogP contribution >= 0.6 is 0 Å². The van der Waals surface area contributed by atoms with E-state index in [1.807, 2.05) is 13.8 Å². The monoisotopic (exact) mass is 216 g/mol. The van der Waals surface area contributed by atoms with Gasteiger partial charge >= 0.3 is 11.9 Å². The molecule has 0 spiro atoms. The Morgan fingerprint density at radius 2 is 1.67 bits per heavy atom. The molecule has 0 aromatic carbocycles. The van der Waals surface area contributed by atoms with Crippen molar-refractivity contribution in [3.05, 3.63) is 12.7 Å². The summed E-state index contributed by atoms with van der Waals surface area (Å²) in [5, 5.41) is 0. The van der Waals surface area contributed by atoms with Crippen molar-refractivity contribution >= 4 is 11.9 Å². The van der Waals surface area contributed by atoms with Crippen LogP contribution < -0.4 is 0 Å². The summed E-state index contributed by atoms with van der Waals surface area (Å²) in [7, 11) is 0. The van der Waals surface area contributed by atoms with E-state index < -0.39 is 0 Å². The molecule has 4 heteroatoms.